The van der Waals surface area contributed by atoms with Crippen molar-refractivity contribution in [1.29, 1.82) is 0 Å². The van der Waals surface area contributed by atoms with E-state index in [1.165, 1.54) is 30.2 Å². The van der Waals surface area contributed by atoms with Crippen molar-refractivity contribution < 1.29 is 13.6 Å². The van der Waals surface area contributed by atoms with Gasteiger partial charge in [0.05, 0.1) is 23.3 Å². The van der Waals surface area contributed by atoms with Crippen LogP contribution in [0.15, 0.2) is 83.6 Å². The molecule has 5 rings (SSSR count). The lowest BCUT2D eigenvalue weighted by Crippen LogP contribution is -2.24. The fourth-order valence-electron chi connectivity index (χ4n) is 4.11. The van der Waals surface area contributed by atoms with Crippen molar-refractivity contribution in [1.82, 2.24) is 30.2 Å². The Hall–Kier alpha value is -4.37. The molecule has 0 spiro atoms. The third-order valence-electron chi connectivity index (χ3n) is 5.99. The van der Waals surface area contributed by atoms with Gasteiger partial charge in [-0.2, -0.15) is 0 Å². The number of halogens is 1. The van der Waals surface area contributed by atoms with Crippen molar-refractivity contribution in [2.45, 2.75) is 25.9 Å². The van der Waals surface area contributed by atoms with Crippen LogP contribution in [0.5, 0.6) is 0 Å². The number of imidazole rings is 1. The van der Waals surface area contributed by atoms with Crippen LogP contribution in [0.4, 0.5) is 4.39 Å². The Labute approximate surface area is 213 Å². The number of nitrogens with one attached hydrogen (secondary N) is 2. The maximum atomic E-state index is 13.7. The molecule has 5 aromatic rings. The van der Waals surface area contributed by atoms with E-state index in [-0.39, 0.29) is 17.9 Å². The highest BCUT2D eigenvalue weighted by Gasteiger charge is 2.14. The molecule has 2 aromatic carbocycles. The quantitative estimate of drug-likeness (QED) is 0.268. The summed E-state index contributed by atoms with van der Waals surface area (Å²) in [5, 5.41) is 6.01. The van der Waals surface area contributed by atoms with Gasteiger partial charge in [-0.15, -0.1) is 0 Å². The summed E-state index contributed by atoms with van der Waals surface area (Å²) in [6.45, 7) is 2.12. The Balaban J connectivity index is 1.11. The number of amides is 1. The number of hydrogen-bond acceptors (Lipinski definition) is 6. The molecule has 9 heteroatoms. The van der Waals surface area contributed by atoms with Crippen LogP contribution in [0, 0.1) is 5.82 Å². The molecule has 3 aromatic heterocycles. The van der Waals surface area contributed by atoms with Gasteiger partial charge in [0.2, 0.25) is 0 Å². The van der Waals surface area contributed by atoms with Crippen molar-refractivity contribution in [3.05, 3.63) is 114 Å². The summed E-state index contributed by atoms with van der Waals surface area (Å²) in [5.41, 5.74) is 3.67. The van der Waals surface area contributed by atoms with E-state index in [0.29, 0.717) is 18.9 Å². The van der Waals surface area contributed by atoms with E-state index in [1.54, 1.807) is 0 Å². The molecule has 188 valence electrons. The molecule has 1 amide bonds. The van der Waals surface area contributed by atoms with Gasteiger partial charge in [0.1, 0.15) is 17.9 Å². The number of aromatic nitrogens is 4. The van der Waals surface area contributed by atoms with Crippen LogP contribution in [-0.4, -0.2) is 38.5 Å². The fourth-order valence-corrected chi connectivity index (χ4v) is 4.11. The van der Waals surface area contributed by atoms with Crippen LogP contribution >= 0.6 is 0 Å². The number of benzene rings is 2. The summed E-state index contributed by atoms with van der Waals surface area (Å²) in [6, 6.07) is 21.4. The largest absolute Gasteiger partial charge is 0.448 e. The second-order valence-electron chi connectivity index (χ2n) is 8.58. The van der Waals surface area contributed by atoms with E-state index in [9.17, 15) is 9.18 Å². The molecular formula is C28H27FN6O2. The summed E-state index contributed by atoms with van der Waals surface area (Å²) in [6.07, 6.45) is 4.09. The predicted octanol–water partition coefficient (Wildman–Crippen LogP) is 3.91. The summed E-state index contributed by atoms with van der Waals surface area (Å²) in [7, 11) is 0. The van der Waals surface area contributed by atoms with Gasteiger partial charge in [-0.05, 0) is 29.8 Å². The van der Waals surface area contributed by atoms with Gasteiger partial charge in [0.25, 0.3) is 5.91 Å². The molecule has 8 nitrogen and oxygen atoms in total. The molecule has 2 N–H and O–H groups in total. The van der Waals surface area contributed by atoms with Gasteiger partial charge in [-0.3, -0.25) is 9.78 Å². The zero-order valence-corrected chi connectivity index (χ0v) is 20.2. The van der Waals surface area contributed by atoms with Crippen LogP contribution in [-0.2, 0) is 25.9 Å². The highest BCUT2D eigenvalue weighted by Crippen LogP contribution is 2.18. The number of fused-ring (bicyclic) bond motifs is 1. The Morgan fingerprint density at radius 1 is 0.946 bits per heavy atom. The Bertz CT molecular complexity index is 1480. The van der Waals surface area contributed by atoms with Crippen LogP contribution in [0.1, 0.15) is 33.5 Å². The van der Waals surface area contributed by atoms with Gasteiger partial charge in [0.15, 0.2) is 11.6 Å². The highest BCUT2D eigenvalue weighted by molar-refractivity contribution is 5.91. The van der Waals surface area contributed by atoms with Gasteiger partial charge in [-0.25, -0.2) is 14.4 Å². The molecular weight excluding hydrogens is 471 g/mol. The first-order chi connectivity index (χ1) is 18.2. The molecule has 0 radical (unpaired) electrons. The van der Waals surface area contributed by atoms with Gasteiger partial charge >= 0.3 is 0 Å². The number of pyridine rings is 1. The van der Waals surface area contributed by atoms with Crippen LogP contribution < -0.4 is 10.6 Å². The minimum Gasteiger partial charge on any atom is -0.448 e. The number of carbonyl (C=O) groups excluding carboxylic acids is 1. The van der Waals surface area contributed by atoms with Gasteiger partial charge in [0, 0.05) is 38.7 Å². The number of rotatable bonds is 11. The normalized spacial score (nSPS) is 11.2. The fraction of sp³-hybridized carbons (Fsp3) is 0.214. The molecule has 0 saturated carbocycles. The lowest BCUT2D eigenvalue weighted by Gasteiger charge is -2.10. The third kappa shape index (κ3) is 6.07. The van der Waals surface area contributed by atoms with E-state index < -0.39 is 11.7 Å². The average Bonchev–Trinajstić information content (AvgIpc) is 3.54. The summed E-state index contributed by atoms with van der Waals surface area (Å²) < 4.78 is 21.4. The molecule has 37 heavy (non-hydrogen) atoms. The number of nitrogens with zero attached hydrogens (tertiary/aromatic N) is 4. The number of carbonyl (C=O) groups is 1. The maximum absolute atomic E-state index is 13.7. The number of hydrogen-bond donors (Lipinski definition) is 2. The molecule has 0 unspecified atom stereocenters. The lowest BCUT2D eigenvalue weighted by molar-refractivity contribution is 0.0945. The topological polar surface area (TPSA) is 97.9 Å². The zero-order chi connectivity index (χ0) is 25.5. The molecule has 3 heterocycles. The van der Waals surface area contributed by atoms with Crippen LogP contribution in [0.25, 0.3) is 11.0 Å². The molecule has 0 aliphatic heterocycles. The van der Waals surface area contributed by atoms with Crippen molar-refractivity contribution >= 4 is 16.9 Å². The van der Waals surface area contributed by atoms with Gasteiger partial charge in [-0.1, -0.05) is 42.5 Å². The van der Waals surface area contributed by atoms with E-state index in [4.69, 9.17) is 9.40 Å². The lowest BCUT2D eigenvalue weighted by atomic mass is 10.2. The molecule has 0 atom stereocenters. The van der Waals surface area contributed by atoms with E-state index >= 15 is 0 Å². The summed E-state index contributed by atoms with van der Waals surface area (Å²) in [5.74, 6) is 0.575. The van der Waals surface area contributed by atoms with Gasteiger partial charge < -0.3 is 19.6 Å². The van der Waals surface area contributed by atoms with Crippen molar-refractivity contribution in [3.8, 4) is 0 Å². The van der Waals surface area contributed by atoms with E-state index in [0.717, 1.165) is 36.4 Å². The summed E-state index contributed by atoms with van der Waals surface area (Å²) in [4.78, 5) is 25.3. The van der Waals surface area contributed by atoms with Crippen LogP contribution in [0.2, 0.25) is 0 Å². The molecule has 0 fully saturated rings. The second-order valence-corrected chi connectivity index (χ2v) is 8.58. The number of para-hydroxylation sites is 2. The van der Waals surface area contributed by atoms with Crippen molar-refractivity contribution in [2.24, 2.45) is 0 Å². The molecule has 0 aliphatic carbocycles. The SMILES string of the molecule is O=C(NCc1ncccc1F)c1coc(CCNCCc2nc3ccccc3n2Cc2ccccc2)n1. The maximum Gasteiger partial charge on any atom is 0.273 e. The predicted molar refractivity (Wildman–Crippen MR) is 137 cm³/mol. The average molecular weight is 499 g/mol. The van der Waals surface area contributed by atoms with Crippen molar-refractivity contribution in [2.75, 3.05) is 13.1 Å². The highest BCUT2D eigenvalue weighted by atomic mass is 19.1. The van der Waals surface area contributed by atoms with E-state index in [2.05, 4.69) is 43.4 Å². The smallest absolute Gasteiger partial charge is 0.273 e. The number of oxazole rings is 1. The summed E-state index contributed by atoms with van der Waals surface area (Å²) >= 11 is 0. The Kier molecular flexibility index (Phi) is 7.61. The Morgan fingerprint density at radius 3 is 2.62 bits per heavy atom. The minimum atomic E-state index is -0.467. The minimum absolute atomic E-state index is 0.0235. The molecule has 0 saturated heterocycles. The first kappa shape index (κ1) is 24.3. The first-order valence-electron chi connectivity index (χ1n) is 12.2. The first-order valence-corrected chi connectivity index (χ1v) is 12.2. The van der Waals surface area contributed by atoms with Crippen LogP contribution in [0.3, 0.4) is 0 Å². The molecule has 0 bridgehead atoms. The van der Waals surface area contributed by atoms with E-state index in [1.807, 2.05) is 36.4 Å². The molecule has 0 aliphatic rings. The third-order valence-corrected chi connectivity index (χ3v) is 5.99. The zero-order valence-electron chi connectivity index (χ0n) is 20.2. The monoisotopic (exact) mass is 498 g/mol. The second kappa shape index (κ2) is 11.6. The Morgan fingerprint density at radius 2 is 1.76 bits per heavy atom. The van der Waals surface area contributed by atoms with Crippen molar-refractivity contribution in [3.63, 3.8) is 0 Å². The standard InChI is InChI=1S/C28H27FN6O2/c29-21-9-6-14-31-23(21)17-32-28(36)24-19-37-27(34-24)13-16-30-15-12-26-33-22-10-4-5-11-25(22)35(26)18-20-7-2-1-3-8-20/h1-11,14,19,30H,12-13,15-18H2,(H,32,36).